The molecule has 2 aliphatic heterocycles. The molecule has 2 spiro atoms. The van der Waals surface area contributed by atoms with E-state index in [4.69, 9.17) is 0 Å². The molecule has 0 N–H and O–H groups in total. The quantitative estimate of drug-likeness (QED) is 0.127. The normalized spacial score (nSPS) is 15.3. The number of hydrogen-bond donors (Lipinski definition) is 0. The summed E-state index contributed by atoms with van der Waals surface area (Å²) in [6.07, 6.45) is 0. The van der Waals surface area contributed by atoms with E-state index in [-0.39, 0.29) is 55.0 Å². The molecule has 2 aromatic heterocycles. The fourth-order valence-electron chi connectivity index (χ4n) is 24.0. The third-order valence-corrected chi connectivity index (χ3v) is 29.2. The minimum Gasteiger partial charge on any atom is -0.310 e. The Morgan fingerprint density at radius 3 is 0.842 bits per heavy atom. The van der Waals surface area contributed by atoms with Gasteiger partial charge in [-0.2, -0.15) is 0 Å². The molecule has 29 rings (SSSR count). The van der Waals surface area contributed by atoms with Crippen LogP contribution in [0.5, 0.6) is 0 Å². The molecule has 4 nitrogen and oxygen atoms in total. The van der Waals surface area contributed by atoms with Crippen molar-refractivity contribution in [2.24, 2.45) is 0 Å². The molecule has 4 heterocycles. The number of aromatic nitrogens is 2. The number of nitrogens with zero attached hydrogens (tertiary/aromatic N) is 4. The van der Waals surface area contributed by atoms with Crippen molar-refractivity contribution in [1.82, 2.24) is 9.13 Å². The third-order valence-electron chi connectivity index (χ3n) is 29.2. The molecule has 21 aromatic carbocycles. The Morgan fingerprint density at radius 1 is 0.195 bits per heavy atom. The molecule has 4 aliphatic carbocycles. The number of benzene rings is 21. The second-order valence-corrected chi connectivity index (χ2v) is 35.5. The first-order chi connectivity index (χ1) is 72.7. The molecule has 0 fully saturated rings. The highest BCUT2D eigenvalue weighted by Crippen LogP contribution is 2.67. The highest BCUT2D eigenvalue weighted by atomic mass is 15.2. The Hall–Kier alpha value is -17.1. The van der Waals surface area contributed by atoms with Crippen molar-refractivity contribution in [3.63, 3.8) is 0 Å². The van der Waals surface area contributed by atoms with Crippen molar-refractivity contribution in [2.75, 3.05) is 9.80 Å². The lowest BCUT2D eigenvalue weighted by Gasteiger charge is -2.46. The molecular weight excluding hydrogens is 1600 g/mol. The fourth-order valence-corrected chi connectivity index (χ4v) is 24.0. The molecule has 0 bridgehead atoms. The van der Waals surface area contributed by atoms with Gasteiger partial charge in [-0.1, -0.05) is 400 Å². The number of fused-ring (bicyclic) bond motifs is 30. The largest absolute Gasteiger partial charge is 0.310 e. The molecule has 23 aromatic rings. The van der Waals surface area contributed by atoms with Crippen LogP contribution in [0, 0.1) is 0 Å². The van der Waals surface area contributed by atoms with Crippen molar-refractivity contribution >= 4 is 101 Å². The maximum absolute atomic E-state index is 10.3. The van der Waals surface area contributed by atoms with E-state index in [9.17, 15) is 21.9 Å². The van der Waals surface area contributed by atoms with Crippen LogP contribution in [-0.2, 0) is 10.8 Å². The van der Waals surface area contributed by atoms with Gasteiger partial charge in [0.15, 0.2) is 0 Å². The van der Waals surface area contributed by atoms with Crippen molar-refractivity contribution in [1.29, 1.82) is 0 Å². The third kappa shape index (κ3) is 10.2. The predicted molar refractivity (Wildman–Crippen MR) is 554 cm³/mol. The number of rotatable bonds is 10. The van der Waals surface area contributed by atoms with Gasteiger partial charge >= 0.3 is 0 Å². The summed E-state index contributed by atoms with van der Waals surface area (Å²) in [4.78, 5) is 4.75. The van der Waals surface area contributed by atoms with Crippen molar-refractivity contribution in [3.8, 4) is 123 Å². The van der Waals surface area contributed by atoms with Crippen LogP contribution in [0.15, 0.2) is 479 Å². The van der Waals surface area contributed by atoms with Gasteiger partial charge in [0.1, 0.15) is 0 Å². The summed E-state index contributed by atoms with van der Waals surface area (Å²) < 4.78 is 159. The lowest BCUT2D eigenvalue weighted by Crippen LogP contribution is -2.61. The summed E-state index contributed by atoms with van der Waals surface area (Å²) in [5.74, 6) is 0. The number of hydrogen-bond acceptors (Lipinski definition) is 2. The topological polar surface area (TPSA) is 16.3 Å². The highest BCUT2D eigenvalue weighted by molar-refractivity contribution is 7.00. The van der Waals surface area contributed by atoms with Crippen molar-refractivity contribution < 1.29 is 21.9 Å². The van der Waals surface area contributed by atoms with Gasteiger partial charge in [0, 0.05) is 77.9 Å². The van der Waals surface area contributed by atoms with Crippen LogP contribution in [0.1, 0.15) is 66.4 Å². The molecule has 5 heteroatoms. The monoisotopic (exact) mass is 1700 g/mol. The van der Waals surface area contributed by atoms with E-state index in [0.717, 1.165) is 167 Å². The van der Waals surface area contributed by atoms with E-state index in [2.05, 4.69) is 307 Å². The smallest absolute Gasteiger partial charge is 0.252 e. The standard InChI is InChI=1S/C128H79BN4/c1-4-33-80(34-5-1)83-39-30-40-84(73-83)87-76-122-124-123(77-87)133(126-92(85-65-69-100-98-45-14-24-59-110(98)127(112(100)74-85)106-55-20-10-41-94(106)95-42-11-21-56-107(95)127)53-32-54-93(126)86-66-70-101-99-46-15-25-60-111(99)128(113(101)75-86)108-57-22-12-43-96(108)97-44-13-23-58-109(97)128)121-79-89(131-118-63-28-18-49-104(118)105-50-19-29-64-119(105)131)68-72-115(121)129(124)114-71-67-88(130-116-61-26-16-47-102(116)103-48-17-27-62-117(103)130)78-120(114)132(122)125-90(81-35-6-2-7-36-81)51-31-52-91(125)82-37-8-3-9-38-82/h1-79H/i16D,17D,18D,19D,26D,27D,28D,29D,47D,48D,49D,50D,61D,62D,63D,64D. The molecule has 0 unspecified atom stereocenters. The van der Waals surface area contributed by atoms with Gasteiger partial charge < -0.3 is 18.9 Å². The van der Waals surface area contributed by atoms with Crippen LogP contribution in [0.2, 0.25) is 0 Å². The molecule has 0 amide bonds. The minimum absolute atomic E-state index is 0.0689. The average Bonchev–Trinajstić information content (AvgIpc) is 1.16. The van der Waals surface area contributed by atoms with E-state index in [1.165, 1.54) is 0 Å². The van der Waals surface area contributed by atoms with Crippen LogP contribution in [0.25, 0.3) is 166 Å². The van der Waals surface area contributed by atoms with Gasteiger partial charge in [0.05, 0.1) is 66.2 Å². The van der Waals surface area contributed by atoms with E-state index in [1.807, 2.05) is 84.9 Å². The zero-order valence-corrected chi connectivity index (χ0v) is 71.2. The second kappa shape index (κ2) is 28.2. The van der Waals surface area contributed by atoms with Crippen LogP contribution in [0.4, 0.5) is 34.1 Å². The summed E-state index contributed by atoms with van der Waals surface area (Å²) in [6.45, 7) is -0.882. The Labute approximate surface area is 794 Å². The Morgan fingerprint density at radius 2 is 0.481 bits per heavy atom. The van der Waals surface area contributed by atoms with Gasteiger partial charge in [-0.3, -0.25) is 0 Å². The molecule has 6 aliphatic rings. The lowest BCUT2D eigenvalue weighted by molar-refractivity contribution is 0.794. The molecule has 614 valence electrons. The minimum atomic E-state index is -0.882. The maximum Gasteiger partial charge on any atom is 0.252 e. The van der Waals surface area contributed by atoms with Gasteiger partial charge in [0.2, 0.25) is 0 Å². The predicted octanol–water partition coefficient (Wildman–Crippen LogP) is 30.7. The summed E-state index contributed by atoms with van der Waals surface area (Å²) in [5, 5.41) is -0.367. The van der Waals surface area contributed by atoms with Crippen LogP contribution in [0.3, 0.4) is 0 Å². The van der Waals surface area contributed by atoms with Gasteiger partial charge in [-0.15, -0.1) is 0 Å². The fraction of sp³-hybridized carbons (Fsp3) is 0.0156. The summed E-state index contributed by atoms with van der Waals surface area (Å²) in [7, 11) is 0. The molecule has 0 saturated carbocycles. The summed E-state index contributed by atoms with van der Waals surface area (Å²) in [5.41, 5.74) is 32.9. The lowest BCUT2D eigenvalue weighted by atomic mass is 9.33. The molecule has 133 heavy (non-hydrogen) atoms. The van der Waals surface area contributed by atoms with Gasteiger partial charge in [-0.25, -0.2) is 0 Å². The molecule has 0 radical (unpaired) electrons. The van der Waals surface area contributed by atoms with E-state index < -0.39 is 114 Å². The average molecular weight is 1700 g/mol. The first-order valence-electron chi connectivity index (χ1n) is 53.2. The Bertz CT molecular complexity index is 9440. The van der Waals surface area contributed by atoms with Crippen LogP contribution >= 0.6 is 0 Å². The zero-order chi connectivity index (χ0) is 101. The number of anilines is 6. The zero-order valence-electron chi connectivity index (χ0n) is 87.2. The Balaban J connectivity index is 0.813. The first kappa shape index (κ1) is 59.8. The summed E-state index contributed by atoms with van der Waals surface area (Å²) in [6, 6.07) is 127. The van der Waals surface area contributed by atoms with E-state index >= 15 is 0 Å². The van der Waals surface area contributed by atoms with Crippen LogP contribution < -0.4 is 26.2 Å². The highest BCUT2D eigenvalue weighted by Gasteiger charge is 2.55. The van der Waals surface area contributed by atoms with Crippen molar-refractivity contribution in [3.05, 3.63) is 523 Å². The Kier molecular flexibility index (Phi) is 12.7. The van der Waals surface area contributed by atoms with Gasteiger partial charge in [-0.05, 0) is 229 Å². The molecule has 0 saturated heterocycles. The molecule has 0 atom stereocenters. The van der Waals surface area contributed by atoms with Crippen LogP contribution in [-0.4, -0.2) is 15.8 Å². The van der Waals surface area contributed by atoms with Gasteiger partial charge in [0.25, 0.3) is 6.71 Å². The second-order valence-electron chi connectivity index (χ2n) is 35.5. The van der Waals surface area contributed by atoms with Crippen molar-refractivity contribution in [2.45, 2.75) is 10.8 Å². The SMILES string of the molecule is [2H]c1c([2H])c([2H])c2c(c1[2H])c1c([2H])c([2H])c([2H])c([2H])c1n2-c1ccc2c(c1)N(c1c(-c3ccccc3)cccc1-c1ccccc1)c1cc(-c3cccc(-c4ccccc4)c3)cc3c1B2c1ccc(-n2c4c([2H])c([2H])c([2H])c([2H])c4c4c([2H])c([2H])c([2H])c([2H])c42)cc1N3c1c(-c2ccc3c(c2)C2(c4ccccc4-c4ccccc42)c2ccccc2-3)cccc1-c1ccc2c(c1)C1(c3ccccc3-c3ccccc31)c1ccccc1-2. The first-order valence-corrected chi connectivity index (χ1v) is 45.2. The molecular formula is C128H79BN4. The summed E-state index contributed by atoms with van der Waals surface area (Å²) >= 11 is 0. The van der Waals surface area contributed by atoms with E-state index in [1.54, 1.807) is 9.13 Å². The van der Waals surface area contributed by atoms with E-state index in [0.29, 0.717) is 39.4 Å². The maximum atomic E-state index is 10.3. The number of para-hydroxylation sites is 6.